The minimum absolute atomic E-state index is 0.151. The second-order valence-corrected chi connectivity index (χ2v) is 8.07. The average Bonchev–Trinajstić information content (AvgIpc) is 2.76. The van der Waals surface area contributed by atoms with E-state index in [0.717, 1.165) is 6.42 Å². The zero-order valence-electron chi connectivity index (χ0n) is 17.7. The molecule has 2 aromatic carbocycles. The second-order valence-electron chi connectivity index (χ2n) is 8.07. The van der Waals surface area contributed by atoms with E-state index in [4.69, 9.17) is 4.74 Å². The van der Waals surface area contributed by atoms with Crippen LogP contribution >= 0.6 is 0 Å². The molecule has 0 aromatic heterocycles. The summed E-state index contributed by atoms with van der Waals surface area (Å²) < 4.78 is 5.29. The van der Waals surface area contributed by atoms with Gasteiger partial charge in [-0.2, -0.15) is 0 Å². The molecule has 158 valence electrons. The van der Waals surface area contributed by atoms with Crippen molar-refractivity contribution in [1.82, 2.24) is 4.90 Å². The van der Waals surface area contributed by atoms with Gasteiger partial charge in [-0.15, -0.1) is 0 Å². The Morgan fingerprint density at radius 2 is 1.50 bits per heavy atom. The van der Waals surface area contributed by atoms with E-state index in [1.54, 1.807) is 36.2 Å². The Morgan fingerprint density at radius 3 is 2.13 bits per heavy atom. The van der Waals surface area contributed by atoms with Crippen LogP contribution in [-0.4, -0.2) is 49.4 Å². The topological polar surface area (TPSA) is 66.9 Å². The van der Waals surface area contributed by atoms with Gasteiger partial charge in [-0.05, 0) is 42.5 Å². The zero-order chi connectivity index (χ0) is 21.7. The van der Waals surface area contributed by atoms with Crippen molar-refractivity contribution in [3.63, 3.8) is 0 Å². The van der Waals surface area contributed by atoms with E-state index in [1.165, 1.54) is 4.90 Å². The molecule has 1 heterocycles. The molecule has 0 radical (unpaired) electrons. The molecule has 1 saturated heterocycles. The monoisotopic (exact) mass is 408 g/mol. The maximum absolute atomic E-state index is 13.0. The molecule has 30 heavy (non-hydrogen) atoms. The first kappa shape index (κ1) is 21.6. The molecule has 0 aliphatic carbocycles. The third kappa shape index (κ3) is 5.06. The lowest BCUT2D eigenvalue weighted by Crippen LogP contribution is -2.44. The number of amides is 2. The fourth-order valence-corrected chi connectivity index (χ4v) is 3.96. The van der Waals surface area contributed by atoms with Crippen LogP contribution < -0.4 is 4.90 Å². The van der Waals surface area contributed by atoms with Crippen LogP contribution in [0.4, 0.5) is 5.69 Å². The highest BCUT2D eigenvalue weighted by Crippen LogP contribution is 2.21. The molecule has 0 spiro atoms. The van der Waals surface area contributed by atoms with Crippen molar-refractivity contribution in [2.45, 2.75) is 20.3 Å². The number of ether oxygens (including phenoxy) is 1. The quantitative estimate of drug-likeness (QED) is 0.709. The summed E-state index contributed by atoms with van der Waals surface area (Å²) in [4.78, 5) is 41.4. The number of benzene rings is 2. The molecule has 2 amide bonds. The van der Waals surface area contributed by atoms with Gasteiger partial charge in [0.1, 0.15) is 0 Å². The van der Waals surface area contributed by atoms with E-state index >= 15 is 0 Å². The summed E-state index contributed by atoms with van der Waals surface area (Å²) in [6.45, 7) is 5.27. The normalized spacial score (nSPS) is 18.6. The van der Waals surface area contributed by atoms with Crippen LogP contribution in [-0.2, 0) is 9.53 Å². The molecule has 0 bridgehead atoms. The van der Waals surface area contributed by atoms with E-state index in [-0.39, 0.29) is 29.5 Å². The first-order valence-electron chi connectivity index (χ1n) is 10.2. The molecule has 1 aliphatic rings. The first-order chi connectivity index (χ1) is 14.4. The Hall–Kier alpha value is -3.15. The average molecular weight is 408 g/mol. The van der Waals surface area contributed by atoms with Crippen molar-refractivity contribution in [1.29, 1.82) is 0 Å². The van der Waals surface area contributed by atoms with Crippen LogP contribution in [0.25, 0.3) is 0 Å². The molecule has 6 heteroatoms. The highest BCUT2D eigenvalue weighted by Gasteiger charge is 2.27. The first-order valence-corrected chi connectivity index (χ1v) is 10.2. The van der Waals surface area contributed by atoms with E-state index in [1.807, 2.05) is 30.3 Å². The molecular formula is C24H28N2O4. The van der Waals surface area contributed by atoms with E-state index < -0.39 is 5.97 Å². The molecule has 3 rings (SSSR count). The second kappa shape index (κ2) is 9.57. The maximum Gasteiger partial charge on any atom is 0.339 e. The minimum Gasteiger partial charge on any atom is -0.452 e. The van der Waals surface area contributed by atoms with Crippen molar-refractivity contribution in [3.8, 4) is 0 Å². The lowest BCUT2D eigenvalue weighted by atomic mass is 9.92. The summed E-state index contributed by atoms with van der Waals surface area (Å²) >= 11 is 0. The van der Waals surface area contributed by atoms with Crippen LogP contribution in [0.3, 0.4) is 0 Å². The molecule has 0 N–H and O–H groups in total. The van der Waals surface area contributed by atoms with Gasteiger partial charge in [0, 0.05) is 25.8 Å². The number of anilines is 1. The largest absolute Gasteiger partial charge is 0.452 e. The number of nitrogens with zero attached hydrogens (tertiary/aromatic N) is 2. The number of piperidine rings is 1. The van der Waals surface area contributed by atoms with Gasteiger partial charge in [-0.3, -0.25) is 9.59 Å². The third-order valence-corrected chi connectivity index (χ3v) is 5.37. The molecule has 2 aromatic rings. The zero-order valence-corrected chi connectivity index (χ0v) is 17.7. The number of carbonyl (C=O) groups is 3. The van der Waals surface area contributed by atoms with Gasteiger partial charge in [-0.25, -0.2) is 4.79 Å². The minimum atomic E-state index is -0.674. The van der Waals surface area contributed by atoms with Gasteiger partial charge in [0.25, 0.3) is 11.8 Å². The maximum atomic E-state index is 13.0. The van der Waals surface area contributed by atoms with Crippen LogP contribution in [0.15, 0.2) is 54.6 Å². The molecule has 2 atom stereocenters. The van der Waals surface area contributed by atoms with Crippen molar-refractivity contribution >= 4 is 23.5 Å². The third-order valence-electron chi connectivity index (χ3n) is 5.37. The van der Waals surface area contributed by atoms with Gasteiger partial charge in [0.15, 0.2) is 6.61 Å². The number of hydrogen-bond donors (Lipinski definition) is 0. The summed E-state index contributed by atoms with van der Waals surface area (Å²) in [5, 5.41) is 0. The fraction of sp³-hybridized carbons (Fsp3) is 0.375. The molecular weight excluding hydrogens is 380 g/mol. The lowest BCUT2D eigenvalue weighted by Gasteiger charge is -2.34. The van der Waals surface area contributed by atoms with Gasteiger partial charge in [-0.1, -0.05) is 44.2 Å². The molecule has 6 nitrogen and oxygen atoms in total. The van der Waals surface area contributed by atoms with Crippen LogP contribution in [0.5, 0.6) is 0 Å². The van der Waals surface area contributed by atoms with Crippen LogP contribution in [0.1, 0.15) is 41.0 Å². The number of likely N-dealkylation sites (tertiary alicyclic amines) is 1. The Bertz CT molecular complexity index is 902. The lowest BCUT2D eigenvalue weighted by molar-refractivity contribution is -0.137. The number of carbonyl (C=O) groups excluding carboxylic acids is 3. The van der Waals surface area contributed by atoms with Crippen molar-refractivity contribution in [2.24, 2.45) is 11.8 Å². The van der Waals surface area contributed by atoms with Gasteiger partial charge >= 0.3 is 5.97 Å². The number of rotatable bonds is 5. The number of esters is 1. The van der Waals surface area contributed by atoms with Gasteiger partial charge in [0.05, 0.1) is 11.1 Å². The standard InChI is InChI=1S/C24H28N2O4/c1-17-13-18(2)15-26(14-17)22(27)16-30-24(29)21-12-8-7-11-20(21)23(28)25(3)19-9-5-4-6-10-19/h4-12,17-18H,13-16H2,1-3H3. The Kier molecular flexibility index (Phi) is 6.87. The highest BCUT2D eigenvalue weighted by atomic mass is 16.5. The summed E-state index contributed by atoms with van der Waals surface area (Å²) in [6.07, 6.45) is 1.09. The molecule has 1 fully saturated rings. The smallest absolute Gasteiger partial charge is 0.339 e. The van der Waals surface area contributed by atoms with Crippen molar-refractivity contribution < 1.29 is 19.1 Å². The Labute approximate surface area is 177 Å². The number of hydrogen-bond acceptors (Lipinski definition) is 4. The van der Waals surface area contributed by atoms with Crippen LogP contribution in [0.2, 0.25) is 0 Å². The molecule has 0 saturated carbocycles. The summed E-state index contributed by atoms with van der Waals surface area (Å²) in [6, 6.07) is 15.7. The Balaban J connectivity index is 1.68. The predicted molar refractivity (Wildman–Crippen MR) is 115 cm³/mol. The van der Waals surface area contributed by atoms with Crippen molar-refractivity contribution in [2.75, 3.05) is 31.6 Å². The molecule has 2 unspecified atom stereocenters. The van der Waals surface area contributed by atoms with E-state index in [9.17, 15) is 14.4 Å². The number of para-hydroxylation sites is 1. The highest BCUT2D eigenvalue weighted by molar-refractivity contribution is 6.12. The SMILES string of the molecule is CC1CC(C)CN(C(=O)COC(=O)c2ccccc2C(=O)N(C)c2ccccc2)C1. The summed E-state index contributed by atoms with van der Waals surface area (Å²) in [5.41, 5.74) is 1.11. The van der Waals surface area contributed by atoms with E-state index in [0.29, 0.717) is 30.6 Å². The molecule has 1 aliphatic heterocycles. The summed E-state index contributed by atoms with van der Waals surface area (Å²) in [7, 11) is 1.65. The van der Waals surface area contributed by atoms with Crippen LogP contribution in [0, 0.1) is 11.8 Å². The predicted octanol–water partition coefficient (Wildman–Crippen LogP) is 3.62. The van der Waals surface area contributed by atoms with E-state index in [2.05, 4.69) is 13.8 Å². The Morgan fingerprint density at radius 1 is 0.933 bits per heavy atom. The summed E-state index contributed by atoms with van der Waals surface area (Å²) in [5.74, 6) is -0.335. The van der Waals surface area contributed by atoms with Gasteiger partial charge in [0.2, 0.25) is 0 Å². The van der Waals surface area contributed by atoms with Crippen molar-refractivity contribution in [3.05, 3.63) is 65.7 Å². The van der Waals surface area contributed by atoms with Gasteiger partial charge < -0.3 is 14.5 Å². The fourth-order valence-electron chi connectivity index (χ4n) is 3.96.